The molecule has 0 spiro atoms. The minimum absolute atomic E-state index is 0.0404. The van der Waals surface area contributed by atoms with E-state index in [1.807, 2.05) is 42.5 Å². The van der Waals surface area contributed by atoms with Gasteiger partial charge >= 0.3 is 6.09 Å². The Hall–Kier alpha value is -3.98. The summed E-state index contributed by atoms with van der Waals surface area (Å²) in [6.45, 7) is 4.61. The van der Waals surface area contributed by atoms with Crippen LogP contribution in [0.15, 0.2) is 71.8 Å². The zero-order valence-corrected chi connectivity index (χ0v) is 20.2. The summed E-state index contributed by atoms with van der Waals surface area (Å²) in [5.74, 6) is 0.532. The first kappa shape index (κ1) is 26.6. The van der Waals surface area contributed by atoms with Crippen molar-refractivity contribution in [1.82, 2.24) is 15.5 Å². The summed E-state index contributed by atoms with van der Waals surface area (Å²) in [4.78, 5) is 29.1. The molecule has 3 aromatic rings. The SMILES string of the molecule is C=CCOC(=O)NC(CCCCN)C(=O)c1noc(Cc2ccc(OCCc3ccccc3)cc2)n1. The van der Waals surface area contributed by atoms with Crippen LogP contribution in [-0.2, 0) is 17.6 Å². The van der Waals surface area contributed by atoms with Crippen LogP contribution in [-0.4, -0.2) is 47.8 Å². The number of ketones is 1. The van der Waals surface area contributed by atoms with E-state index < -0.39 is 17.9 Å². The van der Waals surface area contributed by atoms with Crippen molar-refractivity contribution in [2.24, 2.45) is 5.73 Å². The number of ether oxygens (including phenoxy) is 2. The fourth-order valence-corrected chi connectivity index (χ4v) is 3.47. The molecule has 0 saturated carbocycles. The summed E-state index contributed by atoms with van der Waals surface area (Å²) in [6.07, 6.45) is 3.67. The number of nitrogens with one attached hydrogen (secondary N) is 1. The highest BCUT2D eigenvalue weighted by Crippen LogP contribution is 2.16. The van der Waals surface area contributed by atoms with E-state index in [1.54, 1.807) is 0 Å². The number of carbonyl (C=O) groups excluding carboxylic acids is 2. The van der Waals surface area contributed by atoms with Crippen LogP contribution < -0.4 is 15.8 Å². The highest BCUT2D eigenvalue weighted by atomic mass is 16.5. The van der Waals surface area contributed by atoms with Gasteiger partial charge in [-0.15, -0.1) is 0 Å². The number of benzene rings is 2. The lowest BCUT2D eigenvalue weighted by Crippen LogP contribution is -2.41. The molecule has 1 unspecified atom stereocenters. The molecule has 0 fully saturated rings. The number of alkyl carbamates (subject to hydrolysis) is 1. The van der Waals surface area contributed by atoms with Gasteiger partial charge in [0.15, 0.2) is 0 Å². The Bertz CT molecular complexity index is 1100. The van der Waals surface area contributed by atoms with E-state index in [1.165, 1.54) is 11.6 Å². The molecule has 0 aliphatic rings. The molecule has 9 heteroatoms. The summed E-state index contributed by atoms with van der Waals surface area (Å²) in [5, 5.41) is 6.39. The maximum absolute atomic E-state index is 12.9. The van der Waals surface area contributed by atoms with Gasteiger partial charge < -0.3 is 25.0 Å². The van der Waals surface area contributed by atoms with Gasteiger partial charge in [-0.3, -0.25) is 4.79 Å². The quantitative estimate of drug-likeness (QED) is 0.186. The predicted molar refractivity (Wildman–Crippen MR) is 135 cm³/mol. The molecule has 3 rings (SSSR count). The Kier molecular flexibility index (Phi) is 10.7. The van der Waals surface area contributed by atoms with Crippen molar-refractivity contribution in [3.05, 3.63) is 90.1 Å². The number of carbonyl (C=O) groups is 2. The van der Waals surface area contributed by atoms with Gasteiger partial charge in [-0.25, -0.2) is 4.79 Å². The van der Waals surface area contributed by atoms with E-state index in [4.69, 9.17) is 19.7 Å². The topological polar surface area (TPSA) is 130 Å². The molecule has 1 aromatic heterocycles. The van der Waals surface area contributed by atoms with Gasteiger partial charge in [0.2, 0.25) is 17.5 Å². The number of Topliss-reactive ketones (excluding diaryl/α,β-unsaturated/α-hetero) is 1. The Morgan fingerprint density at radius 3 is 2.58 bits per heavy atom. The fraction of sp³-hybridized carbons (Fsp3) is 0.333. The first-order valence-corrected chi connectivity index (χ1v) is 12.0. The van der Waals surface area contributed by atoms with Gasteiger partial charge in [0, 0.05) is 6.42 Å². The van der Waals surface area contributed by atoms with Crippen molar-refractivity contribution < 1.29 is 23.6 Å². The van der Waals surface area contributed by atoms with Crippen molar-refractivity contribution in [3.63, 3.8) is 0 Å². The smallest absolute Gasteiger partial charge is 0.408 e. The average molecular weight is 493 g/mol. The zero-order valence-electron chi connectivity index (χ0n) is 20.2. The van der Waals surface area contributed by atoms with Crippen LogP contribution in [0.4, 0.5) is 4.79 Å². The number of nitrogens with two attached hydrogens (primary N) is 1. The van der Waals surface area contributed by atoms with Gasteiger partial charge in [0.1, 0.15) is 12.4 Å². The van der Waals surface area contributed by atoms with Gasteiger partial charge in [-0.2, -0.15) is 4.98 Å². The summed E-state index contributed by atoms with van der Waals surface area (Å²) < 4.78 is 16.0. The van der Waals surface area contributed by atoms with Crippen molar-refractivity contribution in [2.45, 2.75) is 38.1 Å². The second-order valence-corrected chi connectivity index (χ2v) is 8.15. The lowest BCUT2D eigenvalue weighted by molar-refractivity contribution is 0.0906. The first-order valence-electron chi connectivity index (χ1n) is 12.0. The number of amides is 1. The van der Waals surface area contributed by atoms with E-state index in [-0.39, 0.29) is 12.4 Å². The van der Waals surface area contributed by atoms with Gasteiger partial charge in [-0.05, 0) is 49.1 Å². The number of hydrogen-bond acceptors (Lipinski definition) is 8. The van der Waals surface area contributed by atoms with E-state index in [2.05, 4.69) is 34.2 Å². The number of unbranched alkanes of at least 4 members (excludes halogenated alkanes) is 1. The third kappa shape index (κ3) is 8.66. The fourth-order valence-electron chi connectivity index (χ4n) is 3.47. The van der Waals surface area contributed by atoms with Crippen LogP contribution in [0.2, 0.25) is 0 Å². The van der Waals surface area contributed by atoms with E-state index in [0.29, 0.717) is 38.3 Å². The van der Waals surface area contributed by atoms with Gasteiger partial charge in [0.05, 0.1) is 19.1 Å². The number of aromatic nitrogens is 2. The van der Waals surface area contributed by atoms with E-state index >= 15 is 0 Å². The lowest BCUT2D eigenvalue weighted by Gasteiger charge is -2.15. The molecule has 0 bridgehead atoms. The maximum atomic E-state index is 12.9. The average Bonchev–Trinajstić information content (AvgIpc) is 3.36. The van der Waals surface area contributed by atoms with E-state index in [9.17, 15) is 9.59 Å². The Morgan fingerprint density at radius 2 is 1.86 bits per heavy atom. The van der Waals surface area contributed by atoms with Crippen molar-refractivity contribution in [1.29, 1.82) is 0 Å². The summed E-state index contributed by atoms with van der Waals surface area (Å²) in [6, 6.07) is 16.9. The summed E-state index contributed by atoms with van der Waals surface area (Å²) in [5.41, 5.74) is 7.70. The van der Waals surface area contributed by atoms with Crippen LogP contribution >= 0.6 is 0 Å². The van der Waals surface area contributed by atoms with Gasteiger partial charge in [0.25, 0.3) is 0 Å². The van der Waals surface area contributed by atoms with Crippen LogP contribution in [0.3, 0.4) is 0 Å². The minimum atomic E-state index is -0.841. The predicted octanol–water partition coefficient (Wildman–Crippen LogP) is 3.87. The molecule has 0 radical (unpaired) electrons. The highest BCUT2D eigenvalue weighted by molar-refractivity contribution is 5.98. The van der Waals surface area contributed by atoms with Crippen LogP contribution in [0.25, 0.3) is 0 Å². The van der Waals surface area contributed by atoms with Crippen molar-refractivity contribution in [2.75, 3.05) is 19.8 Å². The molecule has 0 aliphatic heterocycles. The van der Waals surface area contributed by atoms with Crippen LogP contribution in [0.1, 0.15) is 46.9 Å². The number of rotatable bonds is 15. The molecule has 3 N–H and O–H groups in total. The molecule has 1 heterocycles. The molecule has 1 atom stereocenters. The normalized spacial score (nSPS) is 11.5. The first-order chi connectivity index (χ1) is 17.6. The van der Waals surface area contributed by atoms with Crippen LogP contribution in [0.5, 0.6) is 5.75 Å². The molecule has 190 valence electrons. The highest BCUT2D eigenvalue weighted by Gasteiger charge is 2.26. The Balaban J connectivity index is 1.54. The molecule has 0 aliphatic carbocycles. The molecule has 9 nitrogen and oxygen atoms in total. The third-order valence-corrected chi connectivity index (χ3v) is 5.36. The summed E-state index contributed by atoms with van der Waals surface area (Å²) >= 11 is 0. The van der Waals surface area contributed by atoms with Crippen molar-refractivity contribution >= 4 is 11.9 Å². The third-order valence-electron chi connectivity index (χ3n) is 5.36. The van der Waals surface area contributed by atoms with Gasteiger partial charge in [-0.1, -0.05) is 60.3 Å². The standard InChI is InChI=1S/C27H32N4O5/c1-2-17-35-27(33)29-23(10-6-7-16-28)25(32)26-30-24(36-31-26)19-21-11-13-22(14-12-21)34-18-15-20-8-4-3-5-9-20/h2-5,8-9,11-14,23H,1,6-7,10,15-19,28H2,(H,29,33). The monoisotopic (exact) mass is 492 g/mol. The molecule has 36 heavy (non-hydrogen) atoms. The summed E-state index contributed by atoms with van der Waals surface area (Å²) in [7, 11) is 0. The van der Waals surface area contributed by atoms with Crippen molar-refractivity contribution in [3.8, 4) is 5.75 Å². The largest absolute Gasteiger partial charge is 0.493 e. The molecule has 1 amide bonds. The lowest BCUT2D eigenvalue weighted by atomic mass is 10.0. The number of hydrogen-bond donors (Lipinski definition) is 2. The minimum Gasteiger partial charge on any atom is -0.493 e. The Labute approximate surface area is 210 Å². The molecule has 2 aromatic carbocycles. The van der Waals surface area contributed by atoms with E-state index in [0.717, 1.165) is 24.2 Å². The zero-order chi connectivity index (χ0) is 25.6. The molecular formula is C27H32N4O5. The Morgan fingerprint density at radius 1 is 1.08 bits per heavy atom. The second kappa shape index (κ2) is 14.4. The molecular weight excluding hydrogens is 460 g/mol. The number of nitrogens with zero attached hydrogens (tertiary/aromatic N) is 2. The second-order valence-electron chi connectivity index (χ2n) is 8.15. The maximum Gasteiger partial charge on any atom is 0.408 e. The molecule has 0 saturated heterocycles. The van der Waals surface area contributed by atoms with Crippen LogP contribution in [0, 0.1) is 0 Å².